The van der Waals surface area contributed by atoms with Gasteiger partial charge in [0, 0.05) is 24.1 Å². The van der Waals surface area contributed by atoms with Crippen molar-refractivity contribution in [2.24, 2.45) is 0 Å². The van der Waals surface area contributed by atoms with Gasteiger partial charge in [0.15, 0.2) is 0 Å². The number of nitrogens with zero attached hydrogens (tertiary/aromatic N) is 1. The quantitative estimate of drug-likeness (QED) is 0.770. The summed E-state index contributed by atoms with van der Waals surface area (Å²) >= 11 is 0. The van der Waals surface area contributed by atoms with Crippen LogP contribution in [0.4, 0.5) is 5.69 Å². The Labute approximate surface area is 106 Å². The lowest BCUT2D eigenvalue weighted by Crippen LogP contribution is -2.30. The Morgan fingerprint density at radius 3 is 2.72 bits per heavy atom. The maximum atomic E-state index is 12.3. The number of benzene rings is 2. The second-order valence-electron chi connectivity index (χ2n) is 4.33. The van der Waals surface area contributed by atoms with Gasteiger partial charge in [-0.3, -0.25) is 4.79 Å². The first-order chi connectivity index (χ1) is 8.83. The number of amides is 1. The van der Waals surface area contributed by atoms with Crippen molar-refractivity contribution >= 4 is 22.4 Å². The molecule has 1 amide bonds. The molecule has 18 heavy (non-hydrogen) atoms. The van der Waals surface area contributed by atoms with Crippen LogP contribution < -0.4 is 4.90 Å². The molecule has 3 heteroatoms. The maximum Gasteiger partial charge on any atom is 0.259 e. The van der Waals surface area contributed by atoms with Crippen molar-refractivity contribution in [3.8, 4) is 0 Å². The molecule has 2 aromatic rings. The van der Waals surface area contributed by atoms with Crippen LogP contribution >= 0.6 is 0 Å². The van der Waals surface area contributed by atoms with E-state index in [1.807, 2.05) is 48.2 Å². The summed E-state index contributed by atoms with van der Waals surface area (Å²) in [6, 6.07) is 11.9. The third-order valence-corrected chi connectivity index (χ3v) is 3.31. The van der Waals surface area contributed by atoms with Gasteiger partial charge in [0.05, 0.1) is 12.3 Å². The van der Waals surface area contributed by atoms with E-state index in [1.54, 1.807) is 0 Å². The van der Waals surface area contributed by atoms with Gasteiger partial charge in [0.2, 0.25) is 0 Å². The van der Waals surface area contributed by atoms with Gasteiger partial charge in [-0.05, 0) is 24.4 Å². The van der Waals surface area contributed by atoms with E-state index in [4.69, 9.17) is 4.74 Å². The van der Waals surface area contributed by atoms with Crippen LogP contribution in [0.15, 0.2) is 36.4 Å². The van der Waals surface area contributed by atoms with E-state index in [0.29, 0.717) is 19.8 Å². The zero-order valence-corrected chi connectivity index (χ0v) is 10.3. The summed E-state index contributed by atoms with van der Waals surface area (Å²) in [5, 5.41) is 2.19. The minimum Gasteiger partial charge on any atom is -0.380 e. The lowest BCUT2D eigenvalue weighted by molar-refractivity contribution is 0.0972. The highest BCUT2D eigenvalue weighted by molar-refractivity contribution is 6.24. The normalized spacial score (nSPS) is 13.6. The predicted octanol–water partition coefficient (Wildman–Crippen LogP) is 2.84. The summed E-state index contributed by atoms with van der Waals surface area (Å²) in [6.45, 7) is 3.83. The molecule has 1 aliphatic rings. The summed E-state index contributed by atoms with van der Waals surface area (Å²) in [7, 11) is 0. The number of anilines is 1. The first-order valence-corrected chi connectivity index (χ1v) is 6.24. The average Bonchev–Trinajstić information content (AvgIpc) is 2.67. The zero-order chi connectivity index (χ0) is 12.5. The highest BCUT2D eigenvalue weighted by Gasteiger charge is 2.28. The molecule has 0 saturated carbocycles. The molecule has 0 N–H and O–H groups in total. The molecule has 3 nitrogen and oxygen atoms in total. The van der Waals surface area contributed by atoms with Crippen LogP contribution in [-0.4, -0.2) is 25.7 Å². The molecule has 0 fully saturated rings. The molecule has 1 aliphatic heterocycles. The van der Waals surface area contributed by atoms with E-state index in [-0.39, 0.29) is 5.91 Å². The minimum atomic E-state index is 0.0847. The fourth-order valence-corrected chi connectivity index (χ4v) is 2.50. The number of hydrogen-bond donors (Lipinski definition) is 0. The van der Waals surface area contributed by atoms with Crippen molar-refractivity contribution in [3.05, 3.63) is 42.0 Å². The van der Waals surface area contributed by atoms with Crippen molar-refractivity contribution in [3.63, 3.8) is 0 Å². The first-order valence-electron chi connectivity index (χ1n) is 6.24. The van der Waals surface area contributed by atoms with Gasteiger partial charge in [0.1, 0.15) is 0 Å². The Kier molecular flexibility index (Phi) is 2.76. The van der Waals surface area contributed by atoms with Crippen molar-refractivity contribution < 1.29 is 9.53 Å². The molecule has 92 valence electrons. The third-order valence-electron chi connectivity index (χ3n) is 3.31. The second kappa shape index (κ2) is 4.42. The van der Waals surface area contributed by atoms with Crippen molar-refractivity contribution in [1.82, 2.24) is 0 Å². The van der Waals surface area contributed by atoms with Gasteiger partial charge in [-0.2, -0.15) is 0 Å². The number of hydrogen-bond acceptors (Lipinski definition) is 2. The van der Waals surface area contributed by atoms with Crippen LogP contribution in [0.3, 0.4) is 0 Å². The van der Waals surface area contributed by atoms with E-state index in [0.717, 1.165) is 22.0 Å². The molecule has 2 aromatic carbocycles. The van der Waals surface area contributed by atoms with Gasteiger partial charge in [0.25, 0.3) is 5.91 Å². The SMILES string of the molecule is CCOCCN1C(=O)c2cccc3cccc1c23. The summed E-state index contributed by atoms with van der Waals surface area (Å²) in [5.74, 6) is 0.0847. The lowest BCUT2D eigenvalue weighted by atomic mass is 10.1. The van der Waals surface area contributed by atoms with Crippen LogP contribution in [-0.2, 0) is 4.74 Å². The molecule has 1 heterocycles. The van der Waals surface area contributed by atoms with Crippen molar-refractivity contribution in [2.75, 3.05) is 24.7 Å². The number of carbonyl (C=O) groups excluding carboxylic acids is 1. The van der Waals surface area contributed by atoms with Gasteiger partial charge in [-0.1, -0.05) is 24.3 Å². The van der Waals surface area contributed by atoms with Gasteiger partial charge in [-0.25, -0.2) is 0 Å². The molecule has 0 atom stereocenters. The minimum absolute atomic E-state index is 0.0847. The Hall–Kier alpha value is -1.87. The van der Waals surface area contributed by atoms with E-state index in [1.165, 1.54) is 0 Å². The molecule has 0 bridgehead atoms. The number of carbonyl (C=O) groups is 1. The Morgan fingerprint density at radius 1 is 1.17 bits per heavy atom. The van der Waals surface area contributed by atoms with Crippen LogP contribution in [0.5, 0.6) is 0 Å². The molecule has 3 rings (SSSR count). The number of ether oxygens (including phenoxy) is 1. The first kappa shape index (κ1) is 11.2. The smallest absolute Gasteiger partial charge is 0.259 e. The van der Waals surface area contributed by atoms with Crippen molar-refractivity contribution in [1.29, 1.82) is 0 Å². The van der Waals surface area contributed by atoms with Crippen LogP contribution in [0.1, 0.15) is 17.3 Å². The summed E-state index contributed by atoms with van der Waals surface area (Å²) < 4.78 is 5.34. The Balaban J connectivity index is 2.03. The summed E-state index contributed by atoms with van der Waals surface area (Å²) in [6.07, 6.45) is 0. The monoisotopic (exact) mass is 241 g/mol. The fourth-order valence-electron chi connectivity index (χ4n) is 2.50. The summed E-state index contributed by atoms with van der Waals surface area (Å²) in [4.78, 5) is 14.2. The van der Waals surface area contributed by atoms with Gasteiger partial charge < -0.3 is 9.64 Å². The molecular formula is C15H15NO2. The molecule has 0 unspecified atom stereocenters. The molecule has 0 aliphatic carbocycles. The molecule has 0 saturated heterocycles. The molecular weight excluding hydrogens is 226 g/mol. The number of rotatable bonds is 4. The Bertz CT molecular complexity index is 601. The molecule has 0 radical (unpaired) electrons. The Morgan fingerprint density at radius 2 is 1.94 bits per heavy atom. The maximum absolute atomic E-state index is 12.3. The average molecular weight is 241 g/mol. The van der Waals surface area contributed by atoms with Crippen LogP contribution in [0.25, 0.3) is 10.8 Å². The molecule has 0 spiro atoms. The van der Waals surface area contributed by atoms with Crippen LogP contribution in [0, 0.1) is 0 Å². The van der Waals surface area contributed by atoms with E-state index in [2.05, 4.69) is 0 Å². The van der Waals surface area contributed by atoms with Crippen molar-refractivity contribution in [2.45, 2.75) is 6.92 Å². The molecule has 0 aromatic heterocycles. The predicted molar refractivity (Wildman–Crippen MR) is 72.1 cm³/mol. The lowest BCUT2D eigenvalue weighted by Gasteiger charge is -2.17. The second-order valence-corrected chi connectivity index (χ2v) is 4.33. The van der Waals surface area contributed by atoms with Crippen LogP contribution in [0.2, 0.25) is 0 Å². The topological polar surface area (TPSA) is 29.5 Å². The highest BCUT2D eigenvalue weighted by atomic mass is 16.5. The van der Waals surface area contributed by atoms with Gasteiger partial charge in [-0.15, -0.1) is 0 Å². The van der Waals surface area contributed by atoms with E-state index in [9.17, 15) is 4.79 Å². The van der Waals surface area contributed by atoms with Gasteiger partial charge >= 0.3 is 0 Å². The standard InChI is InChI=1S/C15H15NO2/c1-2-18-10-9-16-13-8-4-6-11-5-3-7-12(14(11)13)15(16)17/h3-8H,2,9-10H2,1H3. The fraction of sp³-hybridized carbons (Fsp3) is 0.267. The zero-order valence-electron chi connectivity index (χ0n) is 10.3. The summed E-state index contributed by atoms with van der Waals surface area (Å²) in [5.41, 5.74) is 1.81. The van der Waals surface area contributed by atoms with E-state index >= 15 is 0 Å². The highest BCUT2D eigenvalue weighted by Crippen LogP contribution is 2.36. The largest absolute Gasteiger partial charge is 0.380 e. The third kappa shape index (κ3) is 1.59. The van der Waals surface area contributed by atoms with E-state index < -0.39 is 0 Å².